The van der Waals surface area contributed by atoms with Crippen molar-refractivity contribution in [2.75, 3.05) is 0 Å². The Morgan fingerprint density at radius 2 is 1.93 bits per heavy atom. The number of hydrogen-bond acceptors (Lipinski definition) is 2. The summed E-state index contributed by atoms with van der Waals surface area (Å²) >= 11 is 0. The molecule has 2 heteroatoms. The Bertz CT molecular complexity index is 703. The van der Waals surface area contributed by atoms with Crippen molar-refractivity contribution in [3.05, 3.63) is 23.8 Å². The summed E-state index contributed by atoms with van der Waals surface area (Å²) in [6.07, 6.45) is 11.0. The molecule has 0 bridgehead atoms. The van der Waals surface area contributed by atoms with Gasteiger partial charge < -0.3 is 0 Å². The maximum atomic E-state index is 12.7. The average molecular weight is 369 g/mol. The number of hydrogen-bond donors (Lipinski definition) is 0. The van der Waals surface area contributed by atoms with Gasteiger partial charge in [-0.05, 0) is 91.4 Å². The number of allylic oxidation sites excluding steroid dienone is 3. The van der Waals surface area contributed by atoms with E-state index in [1.807, 2.05) is 0 Å². The summed E-state index contributed by atoms with van der Waals surface area (Å²) in [5.74, 6) is 2.79. The van der Waals surface area contributed by atoms with Crippen molar-refractivity contribution in [3.8, 4) is 0 Å². The Kier molecular flexibility index (Phi) is 4.56. The third-order valence-corrected chi connectivity index (χ3v) is 9.33. The number of rotatable bonds is 2. The van der Waals surface area contributed by atoms with E-state index in [0.717, 1.165) is 24.7 Å². The first-order valence-electron chi connectivity index (χ1n) is 11.0. The predicted octanol–water partition coefficient (Wildman–Crippen LogP) is 5.77. The number of fused-ring (bicyclic) bond motifs is 4. The van der Waals surface area contributed by atoms with Crippen LogP contribution in [0.25, 0.3) is 0 Å². The standard InChI is InChI=1S/C25H36O2/c1-15(2)18-8-9-24(4)10-11-25(5)13-19-16(3)12-21(27)22(19)17(14-26)6-7-20(25)23(18)24/h6,14,16,18-20,22-23H,1,7-13H2,2-5H3/b17-6-/t16-,18?,19-,20-,22-,23-,24-,25+/m0/s1. The molecule has 0 spiro atoms. The molecule has 1 unspecified atom stereocenters. The lowest BCUT2D eigenvalue weighted by Crippen LogP contribution is -2.48. The van der Waals surface area contributed by atoms with Crippen molar-refractivity contribution in [1.29, 1.82) is 0 Å². The molecule has 4 aliphatic carbocycles. The summed E-state index contributed by atoms with van der Waals surface area (Å²) in [7, 11) is 0. The lowest BCUT2D eigenvalue weighted by Gasteiger charge is -2.55. The fraction of sp³-hybridized carbons (Fsp3) is 0.760. The lowest BCUT2D eigenvalue weighted by atomic mass is 9.49. The van der Waals surface area contributed by atoms with Crippen LogP contribution in [0, 0.1) is 46.3 Å². The smallest absolute Gasteiger partial charge is 0.146 e. The zero-order valence-electron chi connectivity index (χ0n) is 17.6. The summed E-state index contributed by atoms with van der Waals surface area (Å²) in [4.78, 5) is 24.6. The van der Waals surface area contributed by atoms with Gasteiger partial charge in [0.2, 0.25) is 0 Å². The van der Waals surface area contributed by atoms with Crippen LogP contribution in [0.3, 0.4) is 0 Å². The van der Waals surface area contributed by atoms with E-state index in [4.69, 9.17) is 0 Å². The maximum Gasteiger partial charge on any atom is 0.146 e. The van der Waals surface area contributed by atoms with Crippen LogP contribution in [0.2, 0.25) is 0 Å². The molecule has 0 aromatic heterocycles. The number of ketones is 1. The Balaban J connectivity index is 1.78. The quantitative estimate of drug-likeness (QED) is 0.458. The van der Waals surface area contributed by atoms with E-state index >= 15 is 0 Å². The van der Waals surface area contributed by atoms with Gasteiger partial charge in [0.05, 0.1) is 0 Å². The minimum atomic E-state index is -0.135. The number of carbonyl (C=O) groups is 2. The third kappa shape index (κ3) is 2.81. The van der Waals surface area contributed by atoms with Gasteiger partial charge in [0.25, 0.3) is 0 Å². The van der Waals surface area contributed by atoms with E-state index in [1.54, 1.807) is 0 Å². The molecule has 0 aromatic carbocycles. The van der Waals surface area contributed by atoms with Crippen molar-refractivity contribution in [2.24, 2.45) is 46.3 Å². The monoisotopic (exact) mass is 368 g/mol. The molecule has 4 aliphatic rings. The first-order valence-corrected chi connectivity index (χ1v) is 11.0. The SMILES string of the molecule is C=C(C)C1CC[C@@]2(C)CC[C@]3(C)C[C@H]4[C@@H](C)CC(=O)[C@H]4/C(C=O)=C\C[C@H]3[C@H]12. The molecule has 2 nitrogen and oxygen atoms in total. The van der Waals surface area contributed by atoms with E-state index in [1.165, 1.54) is 31.3 Å². The highest BCUT2D eigenvalue weighted by atomic mass is 16.1. The Hall–Kier alpha value is -1.18. The van der Waals surface area contributed by atoms with E-state index in [-0.39, 0.29) is 11.3 Å². The first kappa shape index (κ1) is 19.2. The summed E-state index contributed by atoms with van der Waals surface area (Å²) in [5, 5.41) is 0. The van der Waals surface area contributed by atoms with Gasteiger partial charge in [0.15, 0.2) is 0 Å². The van der Waals surface area contributed by atoms with Crippen LogP contribution in [0.1, 0.15) is 72.6 Å². The molecule has 3 fully saturated rings. The third-order valence-electron chi connectivity index (χ3n) is 9.33. The summed E-state index contributed by atoms with van der Waals surface area (Å²) in [6, 6.07) is 0. The maximum absolute atomic E-state index is 12.7. The molecule has 27 heavy (non-hydrogen) atoms. The minimum Gasteiger partial charge on any atom is -0.299 e. The molecule has 0 N–H and O–H groups in total. The summed E-state index contributed by atoms with van der Waals surface area (Å²) in [6.45, 7) is 13.8. The number of Topliss-reactive ketones (excluding diaryl/α,β-unsaturated/α-hetero) is 1. The second-order valence-electron chi connectivity index (χ2n) is 11.0. The molecular formula is C25H36O2. The second kappa shape index (κ2) is 6.42. The van der Waals surface area contributed by atoms with Crippen LogP contribution in [-0.4, -0.2) is 12.1 Å². The highest BCUT2D eigenvalue weighted by Gasteiger charge is 2.58. The Morgan fingerprint density at radius 3 is 2.59 bits per heavy atom. The van der Waals surface area contributed by atoms with E-state index < -0.39 is 0 Å². The molecule has 148 valence electrons. The molecule has 8 atom stereocenters. The van der Waals surface area contributed by atoms with Gasteiger partial charge >= 0.3 is 0 Å². The lowest BCUT2D eigenvalue weighted by molar-refractivity contribution is -0.122. The van der Waals surface area contributed by atoms with Crippen molar-refractivity contribution < 1.29 is 9.59 Å². The van der Waals surface area contributed by atoms with Crippen LogP contribution < -0.4 is 0 Å². The van der Waals surface area contributed by atoms with Gasteiger partial charge in [-0.25, -0.2) is 0 Å². The fourth-order valence-corrected chi connectivity index (χ4v) is 7.77. The fourth-order valence-electron chi connectivity index (χ4n) is 7.77. The van der Waals surface area contributed by atoms with Crippen molar-refractivity contribution >= 4 is 12.1 Å². The van der Waals surface area contributed by atoms with E-state index in [0.29, 0.717) is 47.2 Å². The van der Waals surface area contributed by atoms with Gasteiger partial charge in [-0.1, -0.05) is 39.0 Å². The molecule has 0 amide bonds. The van der Waals surface area contributed by atoms with Crippen molar-refractivity contribution in [3.63, 3.8) is 0 Å². The number of aldehydes is 1. The van der Waals surface area contributed by atoms with Crippen LogP contribution in [0.5, 0.6) is 0 Å². The normalized spacial score (nSPS) is 51.3. The average Bonchev–Trinajstić information content (AvgIpc) is 3.07. The highest BCUT2D eigenvalue weighted by molar-refractivity contribution is 5.93. The van der Waals surface area contributed by atoms with Crippen LogP contribution in [0.4, 0.5) is 0 Å². The van der Waals surface area contributed by atoms with Crippen LogP contribution in [-0.2, 0) is 9.59 Å². The van der Waals surface area contributed by atoms with Gasteiger partial charge in [0.1, 0.15) is 12.1 Å². The Labute approximate surface area is 164 Å². The summed E-state index contributed by atoms with van der Waals surface area (Å²) < 4.78 is 0. The topological polar surface area (TPSA) is 34.1 Å². The largest absolute Gasteiger partial charge is 0.299 e. The second-order valence-corrected chi connectivity index (χ2v) is 11.0. The minimum absolute atomic E-state index is 0.135. The molecule has 4 rings (SSSR count). The highest BCUT2D eigenvalue weighted by Crippen LogP contribution is 2.66. The molecule has 0 heterocycles. The van der Waals surface area contributed by atoms with Gasteiger partial charge in [-0.3, -0.25) is 9.59 Å². The van der Waals surface area contributed by atoms with Gasteiger partial charge in [0, 0.05) is 12.3 Å². The molecule has 0 aliphatic heterocycles. The predicted molar refractivity (Wildman–Crippen MR) is 109 cm³/mol. The number of carbonyl (C=O) groups excluding carboxylic acids is 2. The first-order chi connectivity index (χ1) is 12.7. The zero-order valence-corrected chi connectivity index (χ0v) is 17.6. The molecular weight excluding hydrogens is 332 g/mol. The van der Waals surface area contributed by atoms with Crippen LogP contribution >= 0.6 is 0 Å². The van der Waals surface area contributed by atoms with Gasteiger partial charge in [-0.2, -0.15) is 0 Å². The molecule has 0 saturated heterocycles. The zero-order chi connectivity index (χ0) is 19.6. The van der Waals surface area contributed by atoms with Crippen molar-refractivity contribution in [2.45, 2.75) is 72.6 Å². The molecule has 3 saturated carbocycles. The Morgan fingerprint density at radius 1 is 1.22 bits per heavy atom. The molecule has 0 aromatic rings. The van der Waals surface area contributed by atoms with E-state index in [2.05, 4.69) is 40.3 Å². The van der Waals surface area contributed by atoms with E-state index in [9.17, 15) is 9.59 Å². The van der Waals surface area contributed by atoms with Gasteiger partial charge in [-0.15, -0.1) is 0 Å². The van der Waals surface area contributed by atoms with Crippen molar-refractivity contribution in [1.82, 2.24) is 0 Å². The molecule has 0 radical (unpaired) electrons. The van der Waals surface area contributed by atoms with Crippen LogP contribution in [0.15, 0.2) is 23.8 Å². The summed E-state index contributed by atoms with van der Waals surface area (Å²) in [5.41, 5.74) is 2.82.